The highest BCUT2D eigenvalue weighted by Gasteiger charge is 2.75. The quantitative estimate of drug-likeness (QED) is 0.859. The number of nitrogens with one attached hydrogen (secondary N) is 1. The molecule has 1 aliphatic rings. The van der Waals surface area contributed by atoms with E-state index in [1.165, 1.54) is 0 Å². The third kappa shape index (κ3) is 2.80. The van der Waals surface area contributed by atoms with E-state index in [-0.39, 0.29) is 17.3 Å². The molecule has 1 amide bonds. The van der Waals surface area contributed by atoms with Gasteiger partial charge in [0, 0.05) is 5.92 Å². The highest BCUT2D eigenvalue weighted by molar-refractivity contribution is 7.15. The second kappa shape index (κ2) is 4.78. The van der Waals surface area contributed by atoms with Crippen molar-refractivity contribution >= 4 is 22.4 Å². The van der Waals surface area contributed by atoms with Crippen LogP contribution in [0.4, 0.5) is 35.9 Å². The molecule has 2 rings (SSSR count). The van der Waals surface area contributed by atoms with Gasteiger partial charge in [-0.05, 0) is 12.8 Å². The van der Waals surface area contributed by atoms with E-state index in [1.54, 1.807) is 0 Å². The number of carbonyl (C=O) groups excluding carboxylic acids is 1. The summed E-state index contributed by atoms with van der Waals surface area (Å²) in [5, 5.41) is 5.26. The second-order valence-corrected chi connectivity index (χ2v) is 5.30. The monoisotopic (exact) mass is 337 g/mol. The van der Waals surface area contributed by atoms with Gasteiger partial charge in [0.25, 0.3) is 0 Å². The molecule has 1 aromatic heterocycles. The van der Waals surface area contributed by atoms with Crippen molar-refractivity contribution < 1.29 is 35.5 Å². The first-order valence-electron chi connectivity index (χ1n) is 5.44. The smallest absolute Gasteiger partial charge is 0.300 e. The van der Waals surface area contributed by atoms with Gasteiger partial charge < -0.3 is 5.32 Å². The van der Waals surface area contributed by atoms with Gasteiger partial charge in [0.1, 0.15) is 0 Å². The molecule has 12 heteroatoms. The maximum Gasteiger partial charge on any atom is 0.460 e. The number of alkyl halides is 7. The van der Waals surface area contributed by atoms with Crippen LogP contribution in [0.5, 0.6) is 0 Å². The molecule has 1 fully saturated rings. The van der Waals surface area contributed by atoms with Crippen molar-refractivity contribution in [3.63, 3.8) is 0 Å². The van der Waals surface area contributed by atoms with Gasteiger partial charge in [-0.15, -0.1) is 10.2 Å². The van der Waals surface area contributed by atoms with Crippen molar-refractivity contribution in [3.05, 3.63) is 5.01 Å². The topological polar surface area (TPSA) is 54.9 Å². The normalized spacial score (nSPS) is 16.9. The highest BCUT2D eigenvalue weighted by atomic mass is 32.1. The van der Waals surface area contributed by atoms with E-state index in [0.717, 1.165) is 0 Å². The molecule has 1 heterocycles. The Hall–Kier alpha value is -1.46. The van der Waals surface area contributed by atoms with Crippen LogP contribution in [-0.4, -0.2) is 28.2 Å². The van der Waals surface area contributed by atoms with Crippen molar-refractivity contribution in [2.24, 2.45) is 5.92 Å². The maximum absolute atomic E-state index is 13.3. The molecule has 118 valence electrons. The molecule has 0 atom stereocenters. The molecule has 0 aromatic carbocycles. The Balaban J connectivity index is 2.20. The van der Waals surface area contributed by atoms with E-state index >= 15 is 0 Å². The molecule has 1 saturated carbocycles. The van der Waals surface area contributed by atoms with Crippen LogP contribution in [-0.2, 0) is 10.7 Å². The summed E-state index contributed by atoms with van der Waals surface area (Å²) >= 11 is -0.228. The molecule has 1 aliphatic carbocycles. The number of hydrogen-bond donors (Lipinski definition) is 1. The zero-order chi connectivity index (χ0) is 16.1. The Morgan fingerprint density at radius 2 is 1.67 bits per heavy atom. The molecule has 0 unspecified atom stereocenters. The van der Waals surface area contributed by atoms with Crippen molar-refractivity contribution in [2.45, 2.75) is 30.9 Å². The molecule has 21 heavy (non-hydrogen) atoms. The van der Waals surface area contributed by atoms with Crippen LogP contribution < -0.4 is 5.32 Å². The van der Waals surface area contributed by atoms with Gasteiger partial charge in [-0.1, -0.05) is 11.3 Å². The predicted molar refractivity (Wildman–Crippen MR) is 56.2 cm³/mol. The Labute approximate surface area is 116 Å². The maximum atomic E-state index is 13.3. The molecule has 0 spiro atoms. The Morgan fingerprint density at radius 1 is 1.10 bits per heavy atom. The van der Waals surface area contributed by atoms with Gasteiger partial charge in [-0.2, -0.15) is 30.7 Å². The number of rotatable bonds is 4. The Kier molecular flexibility index (Phi) is 3.62. The largest absolute Gasteiger partial charge is 0.460 e. The van der Waals surface area contributed by atoms with Crippen LogP contribution in [0, 0.1) is 5.92 Å². The number of anilines is 1. The fourth-order valence-electron chi connectivity index (χ4n) is 1.27. The molecular formula is C9H6F7N3OS. The molecule has 0 radical (unpaired) electrons. The lowest BCUT2D eigenvalue weighted by Crippen LogP contribution is -2.50. The summed E-state index contributed by atoms with van der Waals surface area (Å²) < 4.78 is 88.1. The van der Waals surface area contributed by atoms with Crippen LogP contribution in [0.2, 0.25) is 0 Å². The number of amides is 1. The fourth-order valence-corrected chi connectivity index (χ4v) is 2.02. The molecule has 1 N–H and O–H groups in total. The van der Waals surface area contributed by atoms with Crippen molar-refractivity contribution in [1.82, 2.24) is 10.2 Å². The van der Waals surface area contributed by atoms with Crippen molar-refractivity contribution in [3.8, 4) is 0 Å². The van der Waals surface area contributed by atoms with E-state index in [9.17, 15) is 35.5 Å². The zero-order valence-corrected chi connectivity index (χ0v) is 10.7. The van der Waals surface area contributed by atoms with E-state index in [0.29, 0.717) is 12.8 Å². The summed E-state index contributed by atoms with van der Waals surface area (Å²) in [5.41, 5.74) is 0. The molecule has 4 nitrogen and oxygen atoms in total. The first kappa shape index (κ1) is 15.9. The number of nitrogens with zero attached hydrogens (tertiary/aromatic N) is 2. The lowest BCUT2D eigenvalue weighted by Gasteiger charge is -2.25. The standard InChI is InChI=1S/C9H6F7N3OS/c10-7(11,8(12,13)9(14,15)16)5-18-19-6(21-5)17-4(20)3-1-2-3/h3H,1-2H2,(H,17,19,20). The Bertz CT molecular complexity index is 552. The van der Waals surface area contributed by atoms with Gasteiger partial charge in [0.2, 0.25) is 11.0 Å². The second-order valence-electron chi connectivity index (χ2n) is 4.32. The first-order chi connectivity index (χ1) is 9.47. The third-order valence-corrected chi connectivity index (χ3v) is 3.53. The number of aromatic nitrogens is 2. The molecule has 0 saturated heterocycles. The van der Waals surface area contributed by atoms with Gasteiger partial charge in [0.05, 0.1) is 0 Å². The lowest BCUT2D eigenvalue weighted by atomic mass is 10.2. The summed E-state index contributed by atoms with van der Waals surface area (Å²) in [7, 11) is 0. The molecule has 0 bridgehead atoms. The van der Waals surface area contributed by atoms with Crippen molar-refractivity contribution in [1.29, 1.82) is 0 Å². The van der Waals surface area contributed by atoms with E-state index in [1.807, 2.05) is 5.32 Å². The summed E-state index contributed by atoms with van der Waals surface area (Å²) in [5.74, 6) is -12.8. The summed E-state index contributed by atoms with van der Waals surface area (Å²) in [6, 6.07) is 0. The number of hydrogen-bond acceptors (Lipinski definition) is 4. The van der Waals surface area contributed by atoms with Crippen LogP contribution in [0.25, 0.3) is 0 Å². The van der Waals surface area contributed by atoms with Crippen LogP contribution in [0.1, 0.15) is 17.8 Å². The van der Waals surface area contributed by atoms with Crippen LogP contribution >= 0.6 is 11.3 Å². The highest BCUT2D eigenvalue weighted by Crippen LogP contribution is 2.52. The summed E-state index contributed by atoms with van der Waals surface area (Å²) in [6.07, 6.45) is -5.28. The molecule has 1 aromatic rings. The van der Waals surface area contributed by atoms with Crippen LogP contribution in [0.3, 0.4) is 0 Å². The van der Waals surface area contributed by atoms with Gasteiger partial charge >= 0.3 is 18.0 Å². The average Bonchev–Trinajstić information content (AvgIpc) is 3.08. The summed E-state index contributed by atoms with van der Waals surface area (Å²) in [6.45, 7) is 0. The SMILES string of the molecule is O=C(Nc1nnc(C(F)(F)C(F)(F)C(F)(F)F)s1)C1CC1. The minimum absolute atomic E-state index is 0.228. The minimum atomic E-state index is -6.44. The molecular weight excluding hydrogens is 331 g/mol. The van der Waals surface area contributed by atoms with E-state index in [4.69, 9.17) is 0 Å². The lowest BCUT2D eigenvalue weighted by molar-refractivity contribution is -0.359. The predicted octanol–water partition coefficient (Wildman–Crippen LogP) is 3.18. The first-order valence-corrected chi connectivity index (χ1v) is 6.25. The van der Waals surface area contributed by atoms with E-state index in [2.05, 4.69) is 10.2 Å². The number of carbonyl (C=O) groups is 1. The summed E-state index contributed by atoms with van der Waals surface area (Å²) in [4.78, 5) is 11.3. The van der Waals surface area contributed by atoms with Crippen molar-refractivity contribution in [2.75, 3.05) is 5.32 Å². The third-order valence-electron chi connectivity index (χ3n) is 2.62. The van der Waals surface area contributed by atoms with Gasteiger partial charge in [0.15, 0.2) is 5.01 Å². The Morgan fingerprint density at radius 3 is 2.14 bits per heavy atom. The molecule has 0 aliphatic heterocycles. The van der Waals surface area contributed by atoms with Gasteiger partial charge in [-0.3, -0.25) is 4.79 Å². The van der Waals surface area contributed by atoms with Gasteiger partial charge in [-0.25, -0.2) is 0 Å². The minimum Gasteiger partial charge on any atom is -0.300 e. The number of halogens is 7. The zero-order valence-electron chi connectivity index (χ0n) is 9.85. The fraction of sp³-hybridized carbons (Fsp3) is 0.667. The average molecular weight is 337 g/mol. The van der Waals surface area contributed by atoms with E-state index < -0.39 is 34.1 Å². The van der Waals surface area contributed by atoms with Crippen LogP contribution in [0.15, 0.2) is 0 Å².